The standard InChI is InChI=1S/C43H45N3O6S/c1-32-13-20-39(21-14-32)53(49,50)45(2)29-42(47)46(28-33-15-17-36(18-16-33)37-23-25-44-26-24-37)38-19-22-40(43(48)52-31-35-11-7-4-8-12-35)41(27-38)51-30-34-9-5-3-6-10-34/h3-22,27,37,44H,23-26,28-31H2,1-2H3. The zero-order valence-corrected chi connectivity index (χ0v) is 30.9. The zero-order chi connectivity index (χ0) is 37.2. The fourth-order valence-corrected chi connectivity index (χ4v) is 7.43. The highest BCUT2D eigenvalue weighted by molar-refractivity contribution is 7.89. The van der Waals surface area contributed by atoms with Gasteiger partial charge in [0.25, 0.3) is 0 Å². The quantitative estimate of drug-likeness (QED) is 0.120. The summed E-state index contributed by atoms with van der Waals surface area (Å²) >= 11 is 0. The Kier molecular flexibility index (Phi) is 12.4. The van der Waals surface area contributed by atoms with Crippen LogP contribution in [0.2, 0.25) is 0 Å². The number of carbonyl (C=O) groups is 2. The number of ether oxygens (including phenoxy) is 2. The Hall–Kier alpha value is -5.29. The van der Waals surface area contributed by atoms with E-state index in [-0.39, 0.29) is 36.0 Å². The van der Waals surface area contributed by atoms with Crippen LogP contribution >= 0.6 is 0 Å². The Labute approximate surface area is 312 Å². The van der Waals surface area contributed by atoms with Crippen LogP contribution in [0.3, 0.4) is 0 Å². The molecule has 0 radical (unpaired) electrons. The van der Waals surface area contributed by atoms with E-state index >= 15 is 0 Å². The van der Waals surface area contributed by atoms with Crippen LogP contribution in [-0.2, 0) is 39.3 Å². The van der Waals surface area contributed by atoms with Crippen LogP contribution in [0.25, 0.3) is 0 Å². The first-order chi connectivity index (χ1) is 25.7. The third-order valence-corrected chi connectivity index (χ3v) is 11.3. The molecule has 5 aromatic carbocycles. The Bertz CT molecular complexity index is 2080. The summed E-state index contributed by atoms with van der Waals surface area (Å²) in [7, 11) is -2.56. The van der Waals surface area contributed by atoms with E-state index in [0.29, 0.717) is 11.6 Å². The maximum atomic E-state index is 14.3. The SMILES string of the molecule is Cc1ccc(S(=O)(=O)N(C)CC(=O)N(Cc2ccc(C3CCNCC3)cc2)c2ccc(C(=O)OCc3ccccc3)c(OCc3ccccc3)c2)cc1. The Morgan fingerprint density at radius 2 is 1.38 bits per heavy atom. The van der Waals surface area contributed by atoms with Crippen LogP contribution in [0.15, 0.2) is 132 Å². The second kappa shape index (κ2) is 17.5. The van der Waals surface area contributed by atoms with Gasteiger partial charge in [0.2, 0.25) is 15.9 Å². The summed E-state index contributed by atoms with van der Waals surface area (Å²) in [5, 5.41) is 3.41. The van der Waals surface area contributed by atoms with E-state index in [1.165, 1.54) is 17.5 Å². The maximum absolute atomic E-state index is 14.3. The summed E-state index contributed by atoms with van der Waals surface area (Å²) in [5.74, 6) is -0.302. The van der Waals surface area contributed by atoms with Crippen LogP contribution in [0, 0.1) is 6.92 Å². The normalized spacial score (nSPS) is 13.4. The minimum absolute atomic E-state index is 0.0827. The smallest absolute Gasteiger partial charge is 0.342 e. The summed E-state index contributed by atoms with van der Waals surface area (Å²) in [6.45, 7) is 3.86. The molecule has 0 bridgehead atoms. The summed E-state index contributed by atoms with van der Waals surface area (Å²) in [6, 6.07) is 38.7. The van der Waals surface area contributed by atoms with E-state index in [0.717, 1.165) is 52.5 Å². The lowest BCUT2D eigenvalue weighted by Gasteiger charge is -2.27. The van der Waals surface area contributed by atoms with Crippen molar-refractivity contribution in [3.8, 4) is 5.75 Å². The highest BCUT2D eigenvalue weighted by Gasteiger charge is 2.27. The van der Waals surface area contributed by atoms with Gasteiger partial charge in [0, 0.05) is 18.8 Å². The summed E-state index contributed by atoms with van der Waals surface area (Å²) < 4.78 is 40.0. The van der Waals surface area contributed by atoms with Crippen LogP contribution in [0.5, 0.6) is 5.75 Å². The molecule has 0 saturated carbocycles. The van der Waals surface area contributed by atoms with Crippen LogP contribution in [-0.4, -0.2) is 51.3 Å². The van der Waals surface area contributed by atoms with E-state index in [1.54, 1.807) is 42.5 Å². The molecule has 0 spiro atoms. The zero-order valence-electron chi connectivity index (χ0n) is 30.1. The summed E-state index contributed by atoms with van der Waals surface area (Å²) in [4.78, 5) is 29.4. The van der Waals surface area contributed by atoms with Crippen molar-refractivity contribution in [1.29, 1.82) is 0 Å². The van der Waals surface area contributed by atoms with Crippen LogP contribution in [0.1, 0.15) is 56.9 Å². The van der Waals surface area contributed by atoms with Gasteiger partial charge in [-0.05, 0) is 85.3 Å². The number of nitrogens with zero attached hydrogens (tertiary/aromatic N) is 2. The molecule has 1 heterocycles. The lowest BCUT2D eigenvalue weighted by atomic mass is 9.90. The van der Waals surface area contributed by atoms with Crippen molar-refractivity contribution in [3.05, 3.63) is 161 Å². The molecule has 1 fully saturated rings. The van der Waals surface area contributed by atoms with E-state index in [1.807, 2.05) is 79.7 Å². The van der Waals surface area contributed by atoms with Gasteiger partial charge in [0.15, 0.2) is 0 Å². The third-order valence-electron chi connectivity index (χ3n) is 9.47. The fraction of sp³-hybridized carbons (Fsp3) is 0.256. The molecule has 1 amide bonds. The minimum atomic E-state index is -3.96. The van der Waals surface area contributed by atoms with E-state index in [2.05, 4.69) is 17.4 Å². The van der Waals surface area contributed by atoms with Gasteiger partial charge in [0.1, 0.15) is 24.5 Å². The van der Waals surface area contributed by atoms with Gasteiger partial charge in [-0.25, -0.2) is 13.2 Å². The highest BCUT2D eigenvalue weighted by Crippen LogP contribution is 2.31. The van der Waals surface area contributed by atoms with Crippen molar-refractivity contribution in [3.63, 3.8) is 0 Å². The van der Waals surface area contributed by atoms with Crippen molar-refractivity contribution in [2.75, 3.05) is 31.6 Å². The van der Waals surface area contributed by atoms with Gasteiger partial charge in [0.05, 0.1) is 18.0 Å². The topological polar surface area (TPSA) is 105 Å². The molecular weight excluding hydrogens is 687 g/mol. The molecule has 53 heavy (non-hydrogen) atoms. The van der Waals surface area contributed by atoms with Gasteiger partial charge in [-0.3, -0.25) is 4.79 Å². The number of esters is 1. The van der Waals surface area contributed by atoms with Crippen molar-refractivity contribution in [2.45, 2.75) is 50.3 Å². The molecule has 1 aliphatic heterocycles. The molecule has 0 atom stereocenters. The fourth-order valence-electron chi connectivity index (χ4n) is 6.31. The second-order valence-electron chi connectivity index (χ2n) is 13.3. The number of nitrogens with one attached hydrogen (secondary N) is 1. The highest BCUT2D eigenvalue weighted by atomic mass is 32.2. The molecule has 274 valence electrons. The predicted molar refractivity (Wildman–Crippen MR) is 206 cm³/mol. The number of hydrogen-bond acceptors (Lipinski definition) is 7. The number of amides is 1. The summed E-state index contributed by atoms with van der Waals surface area (Å²) in [5.41, 5.74) is 5.45. The van der Waals surface area contributed by atoms with Gasteiger partial charge < -0.3 is 19.7 Å². The van der Waals surface area contributed by atoms with Crippen LogP contribution in [0.4, 0.5) is 5.69 Å². The largest absolute Gasteiger partial charge is 0.488 e. The van der Waals surface area contributed by atoms with E-state index in [4.69, 9.17) is 9.47 Å². The number of carbonyl (C=O) groups excluding carboxylic acids is 2. The van der Waals surface area contributed by atoms with Crippen molar-refractivity contribution >= 4 is 27.6 Å². The van der Waals surface area contributed by atoms with Crippen LogP contribution < -0.4 is 15.0 Å². The predicted octanol–water partition coefficient (Wildman–Crippen LogP) is 7.25. The molecule has 9 nitrogen and oxygen atoms in total. The van der Waals surface area contributed by atoms with Crippen molar-refractivity contribution in [1.82, 2.24) is 9.62 Å². The molecule has 0 aliphatic carbocycles. The monoisotopic (exact) mass is 731 g/mol. The second-order valence-corrected chi connectivity index (χ2v) is 15.4. The number of benzene rings is 5. The number of hydrogen-bond donors (Lipinski definition) is 1. The van der Waals surface area contributed by atoms with Crippen molar-refractivity contribution < 1.29 is 27.5 Å². The third kappa shape index (κ3) is 9.78. The average Bonchev–Trinajstić information content (AvgIpc) is 3.19. The first-order valence-corrected chi connectivity index (χ1v) is 19.3. The lowest BCUT2D eigenvalue weighted by molar-refractivity contribution is -0.118. The Morgan fingerprint density at radius 1 is 0.755 bits per heavy atom. The Balaban J connectivity index is 1.31. The average molecular weight is 732 g/mol. The number of likely N-dealkylation sites (N-methyl/N-ethyl adjacent to an activating group) is 1. The van der Waals surface area contributed by atoms with E-state index in [9.17, 15) is 18.0 Å². The molecule has 1 aliphatic rings. The first-order valence-electron chi connectivity index (χ1n) is 17.8. The molecule has 1 saturated heterocycles. The van der Waals surface area contributed by atoms with Gasteiger partial charge >= 0.3 is 5.97 Å². The van der Waals surface area contributed by atoms with Gasteiger partial charge in [-0.1, -0.05) is 103 Å². The number of anilines is 1. The number of sulfonamides is 1. The summed E-state index contributed by atoms with van der Waals surface area (Å²) in [6.07, 6.45) is 2.13. The number of piperidine rings is 1. The molecule has 5 aromatic rings. The molecule has 1 N–H and O–H groups in total. The molecule has 0 aromatic heterocycles. The lowest BCUT2D eigenvalue weighted by Crippen LogP contribution is -2.41. The maximum Gasteiger partial charge on any atom is 0.342 e. The first kappa shape index (κ1) is 37.5. The molecular formula is C43H45N3O6S. The molecule has 10 heteroatoms. The minimum Gasteiger partial charge on any atom is -0.488 e. The van der Waals surface area contributed by atoms with E-state index < -0.39 is 28.4 Å². The van der Waals surface area contributed by atoms with Crippen molar-refractivity contribution in [2.24, 2.45) is 0 Å². The van der Waals surface area contributed by atoms with Gasteiger partial charge in [-0.2, -0.15) is 4.31 Å². The van der Waals surface area contributed by atoms with Gasteiger partial charge in [-0.15, -0.1) is 0 Å². The molecule has 0 unspecified atom stereocenters. The molecule has 6 rings (SSSR count). The number of rotatable bonds is 14. The Morgan fingerprint density at radius 3 is 2.02 bits per heavy atom. The number of aryl methyl sites for hydroxylation is 1.